The standard InChI is InChI=1S/2C26H26O12/c2*1-13-22(33)26(38,21(32)9-5-15-3-7-17(28)19(30)11-15)25(37,12-24(13,36)23(34)35)20(31)8-4-14-2-6-16(27)18(29)10-14/h2*2-11,13,22,27-30,33,36-38H,12H2,1H3,(H,34,35)/b2*8-4+,9-5+/t2*13?,22-,24?,25+,26?/m11/s1. The van der Waals surface area contributed by atoms with E-state index in [1.807, 2.05) is 0 Å². The van der Waals surface area contributed by atoms with E-state index >= 15 is 0 Å². The van der Waals surface area contributed by atoms with Crippen LogP contribution < -0.4 is 0 Å². The Balaban J connectivity index is 0.000000281. The molecule has 2 fully saturated rings. The van der Waals surface area contributed by atoms with Crippen LogP contribution in [-0.4, -0.2) is 173 Å². The summed E-state index contributed by atoms with van der Waals surface area (Å²) in [6.45, 7) is 2.02. The maximum Gasteiger partial charge on any atom is 0.336 e. The molecular weight excluding hydrogens is 1010 g/mol. The van der Waals surface area contributed by atoms with Crippen molar-refractivity contribution in [3.63, 3.8) is 0 Å². The highest BCUT2D eigenvalue weighted by atomic mass is 16.4. The molecule has 0 spiro atoms. The Bertz CT molecular complexity index is 2900. The number of aliphatic carboxylic acids is 2. The minimum atomic E-state index is -3.36. The number of carboxylic acids is 2. The molecule has 0 heterocycles. The molecule has 0 aliphatic heterocycles. The molecule has 6 rings (SSSR count). The van der Waals surface area contributed by atoms with E-state index < -0.39 is 152 Å². The van der Waals surface area contributed by atoms with Crippen molar-refractivity contribution >= 4 is 59.4 Å². The lowest BCUT2D eigenvalue weighted by atomic mass is 9.57. The topological polar surface area (TPSA) is 467 Å². The number of hydrogen-bond acceptors (Lipinski definition) is 22. The van der Waals surface area contributed by atoms with Gasteiger partial charge < -0.3 is 91.9 Å². The highest BCUT2D eigenvalue weighted by Gasteiger charge is 2.73. The molecule has 24 heteroatoms. The van der Waals surface area contributed by atoms with Crippen molar-refractivity contribution in [3.05, 3.63) is 119 Å². The summed E-state index contributed by atoms with van der Waals surface area (Å²) < 4.78 is 0. The van der Waals surface area contributed by atoms with E-state index in [4.69, 9.17) is 0 Å². The second-order valence-electron chi connectivity index (χ2n) is 18.3. The number of aliphatic hydroxyl groups excluding tert-OH is 2. The van der Waals surface area contributed by atoms with E-state index in [1.54, 1.807) is 0 Å². The summed E-state index contributed by atoms with van der Waals surface area (Å²) in [6.07, 6.45) is -0.920. The zero-order valence-electron chi connectivity index (χ0n) is 39.8. The third-order valence-electron chi connectivity index (χ3n) is 13.6. The number of carbonyl (C=O) groups is 6. The first-order valence-corrected chi connectivity index (χ1v) is 22.3. The van der Waals surface area contributed by atoms with Crippen molar-refractivity contribution in [2.24, 2.45) is 11.8 Å². The van der Waals surface area contributed by atoms with Crippen LogP contribution in [0, 0.1) is 11.8 Å². The van der Waals surface area contributed by atoms with Crippen molar-refractivity contribution < 1.29 is 121 Å². The summed E-state index contributed by atoms with van der Waals surface area (Å²) in [5.74, 6) is -17.1. The summed E-state index contributed by atoms with van der Waals surface area (Å²) in [7, 11) is 0. The largest absolute Gasteiger partial charge is 0.504 e. The third kappa shape index (κ3) is 10.5. The van der Waals surface area contributed by atoms with Crippen LogP contribution in [0.3, 0.4) is 0 Å². The molecule has 18 N–H and O–H groups in total. The molecule has 0 amide bonds. The highest BCUT2D eigenvalue weighted by molar-refractivity contribution is 6.12. The number of ketones is 4. The van der Waals surface area contributed by atoms with Gasteiger partial charge in [-0.3, -0.25) is 19.2 Å². The molecule has 404 valence electrons. The average Bonchev–Trinajstić information content (AvgIpc) is 3.37. The lowest BCUT2D eigenvalue weighted by molar-refractivity contribution is -0.260. The fourth-order valence-electron chi connectivity index (χ4n) is 8.69. The van der Waals surface area contributed by atoms with Crippen molar-refractivity contribution in [2.45, 2.75) is 72.5 Å². The van der Waals surface area contributed by atoms with Crippen molar-refractivity contribution in [2.75, 3.05) is 0 Å². The van der Waals surface area contributed by atoms with E-state index in [2.05, 4.69) is 0 Å². The van der Waals surface area contributed by atoms with E-state index in [9.17, 15) is 121 Å². The molecule has 0 bridgehead atoms. The number of hydrogen-bond donors (Lipinski definition) is 18. The number of carbonyl (C=O) groups excluding carboxylic acids is 4. The number of benzene rings is 4. The molecule has 4 aromatic carbocycles. The molecule has 2 aliphatic rings. The van der Waals surface area contributed by atoms with Crippen molar-refractivity contribution in [3.8, 4) is 46.0 Å². The van der Waals surface area contributed by atoms with Crippen LogP contribution in [0.25, 0.3) is 24.3 Å². The first kappa shape index (κ1) is 58.4. The predicted octanol–water partition coefficient (Wildman–Crippen LogP) is 0.105. The second-order valence-corrected chi connectivity index (χ2v) is 18.3. The van der Waals surface area contributed by atoms with Gasteiger partial charge in [0.15, 0.2) is 103 Å². The van der Waals surface area contributed by atoms with Gasteiger partial charge in [0.1, 0.15) is 0 Å². The minimum Gasteiger partial charge on any atom is -0.504 e. The van der Waals surface area contributed by atoms with Crippen LogP contribution in [0.2, 0.25) is 0 Å². The van der Waals surface area contributed by atoms with Crippen LogP contribution in [0.1, 0.15) is 48.9 Å². The third-order valence-corrected chi connectivity index (χ3v) is 13.6. The quantitative estimate of drug-likeness (QED) is 0.0588. The average molecular weight is 1060 g/mol. The van der Waals surface area contributed by atoms with Crippen LogP contribution in [0.15, 0.2) is 97.1 Å². The smallest absolute Gasteiger partial charge is 0.336 e. The molecule has 2 aliphatic carbocycles. The zero-order valence-corrected chi connectivity index (χ0v) is 39.8. The van der Waals surface area contributed by atoms with Crippen LogP contribution in [0.5, 0.6) is 46.0 Å². The van der Waals surface area contributed by atoms with Gasteiger partial charge in [-0.05, 0) is 95.1 Å². The number of phenols is 8. The molecule has 0 radical (unpaired) electrons. The first-order chi connectivity index (χ1) is 35.1. The Labute approximate surface area is 428 Å². The summed E-state index contributed by atoms with van der Waals surface area (Å²) in [5.41, 5.74) is -18.8. The molecule has 10 atom stereocenters. The van der Waals surface area contributed by atoms with E-state index in [0.717, 1.165) is 86.7 Å². The normalized spacial score (nSPS) is 29.5. The molecule has 0 aromatic heterocycles. The lowest BCUT2D eigenvalue weighted by Crippen LogP contribution is -2.78. The Hall–Kier alpha value is -8.46. The highest BCUT2D eigenvalue weighted by Crippen LogP contribution is 2.49. The Morgan fingerprint density at radius 2 is 0.618 bits per heavy atom. The number of phenolic OH excluding ortho intramolecular Hbond substituents is 8. The fraction of sp³-hybridized carbons (Fsp3) is 0.269. The zero-order chi connectivity index (χ0) is 57.3. The van der Waals surface area contributed by atoms with Crippen LogP contribution in [0.4, 0.5) is 0 Å². The Kier molecular flexibility index (Phi) is 16.5. The van der Waals surface area contributed by atoms with Gasteiger partial charge in [-0.15, -0.1) is 0 Å². The SMILES string of the molecule is CC1[C@@H](O)C(O)(C(=O)/C=C/c2ccc(O)c(O)c2)[C@@](O)(C(=O)/C=C/c2ccc(O)c(O)c2)CC1(O)C(=O)O.CC1[C@@H](O)C(O)(C(=O)/C=C/c2ccc(O)c(O)c2)[C@@](O)(C(=O)/C=C/c2ccc(O)c(O)c2)CC1(O)C(=O)O. The summed E-state index contributed by atoms with van der Waals surface area (Å²) in [4.78, 5) is 76.6. The number of aliphatic hydroxyl groups is 8. The second kappa shape index (κ2) is 21.4. The summed E-state index contributed by atoms with van der Waals surface area (Å²) in [5, 5.41) is 184. The lowest BCUT2D eigenvalue weighted by Gasteiger charge is -2.53. The monoisotopic (exact) mass is 1060 g/mol. The summed E-state index contributed by atoms with van der Waals surface area (Å²) >= 11 is 0. The molecular formula is C52H52O24. The van der Waals surface area contributed by atoms with Crippen molar-refractivity contribution in [1.29, 1.82) is 0 Å². The van der Waals surface area contributed by atoms with Crippen molar-refractivity contribution in [1.82, 2.24) is 0 Å². The molecule has 0 saturated heterocycles. The number of rotatable bonds is 14. The van der Waals surface area contributed by atoms with E-state index in [0.29, 0.717) is 24.3 Å². The number of aromatic hydroxyl groups is 8. The van der Waals surface area contributed by atoms with Gasteiger partial charge in [-0.1, -0.05) is 62.4 Å². The Morgan fingerprint density at radius 3 is 0.829 bits per heavy atom. The molecule has 4 aromatic rings. The molecule has 2 saturated carbocycles. The maximum atomic E-state index is 13.2. The van der Waals surface area contributed by atoms with Gasteiger partial charge in [0, 0.05) is 24.7 Å². The van der Waals surface area contributed by atoms with Gasteiger partial charge in [-0.25, -0.2) is 9.59 Å². The first-order valence-electron chi connectivity index (χ1n) is 22.3. The van der Waals surface area contributed by atoms with E-state index in [-0.39, 0.29) is 22.3 Å². The molecule has 76 heavy (non-hydrogen) atoms. The fourth-order valence-corrected chi connectivity index (χ4v) is 8.69. The van der Waals surface area contributed by atoms with E-state index in [1.165, 1.54) is 24.3 Å². The Morgan fingerprint density at radius 1 is 0.395 bits per heavy atom. The molecule has 6 unspecified atom stereocenters. The predicted molar refractivity (Wildman–Crippen MR) is 260 cm³/mol. The van der Waals surface area contributed by atoms with Crippen LogP contribution in [-0.2, 0) is 28.8 Å². The van der Waals surface area contributed by atoms with Gasteiger partial charge in [0.2, 0.25) is 0 Å². The number of carboxylic acid groups (broad SMARTS) is 2. The maximum absolute atomic E-state index is 13.2. The van der Waals surface area contributed by atoms with Gasteiger partial charge in [0.25, 0.3) is 0 Å². The van der Waals surface area contributed by atoms with Gasteiger partial charge in [0.05, 0.1) is 12.2 Å². The van der Waals surface area contributed by atoms with Gasteiger partial charge >= 0.3 is 11.9 Å². The molecule has 24 nitrogen and oxygen atoms in total. The summed E-state index contributed by atoms with van der Waals surface area (Å²) in [6, 6.07) is 13.7. The van der Waals surface area contributed by atoms with Gasteiger partial charge in [-0.2, -0.15) is 0 Å². The minimum absolute atomic E-state index is 0.123. The van der Waals surface area contributed by atoms with Crippen LogP contribution >= 0.6 is 0 Å².